The Labute approximate surface area is 138 Å². The van der Waals surface area contributed by atoms with E-state index >= 15 is 0 Å². The predicted molar refractivity (Wildman–Crippen MR) is 92.2 cm³/mol. The van der Waals surface area contributed by atoms with Gasteiger partial charge in [-0.25, -0.2) is 0 Å². The van der Waals surface area contributed by atoms with Gasteiger partial charge in [-0.3, -0.25) is 9.69 Å². The van der Waals surface area contributed by atoms with Crippen molar-refractivity contribution in [1.29, 1.82) is 0 Å². The highest BCUT2D eigenvalue weighted by Gasteiger charge is 2.25. The summed E-state index contributed by atoms with van der Waals surface area (Å²) in [4.78, 5) is 16.1. The summed E-state index contributed by atoms with van der Waals surface area (Å²) in [5.74, 6) is 0.383. The second-order valence-electron chi connectivity index (χ2n) is 5.53. The maximum absolute atomic E-state index is 12.2. The molecule has 5 heteroatoms. The first-order valence-corrected chi connectivity index (χ1v) is 8.69. The van der Waals surface area contributed by atoms with Crippen molar-refractivity contribution in [2.75, 3.05) is 19.6 Å². The molecule has 0 aromatic carbocycles. The fourth-order valence-corrected chi connectivity index (χ4v) is 3.81. The van der Waals surface area contributed by atoms with E-state index in [1.165, 1.54) is 17.7 Å². The molecule has 3 nitrogen and oxygen atoms in total. The Morgan fingerprint density at radius 1 is 1.33 bits per heavy atom. The van der Waals surface area contributed by atoms with Crippen LogP contribution in [-0.4, -0.2) is 30.4 Å². The maximum Gasteiger partial charge on any atom is 0.223 e. The van der Waals surface area contributed by atoms with E-state index in [9.17, 15) is 4.79 Å². The van der Waals surface area contributed by atoms with Crippen molar-refractivity contribution in [3.05, 3.63) is 22.4 Å². The van der Waals surface area contributed by atoms with Crippen LogP contribution in [0.15, 0.2) is 17.5 Å². The van der Waals surface area contributed by atoms with Gasteiger partial charge in [0.05, 0.1) is 6.04 Å². The summed E-state index contributed by atoms with van der Waals surface area (Å²) in [5.41, 5.74) is 0. The topological polar surface area (TPSA) is 32.3 Å². The number of amides is 1. The van der Waals surface area contributed by atoms with Crippen LogP contribution in [0.3, 0.4) is 0 Å². The molecular weight excluding hydrogens is 304 g/mol. The van der Waals surface area contributed by atoms with Crippen molar-refractivity contribution < 1.29 is 4.79 Å². The molecule has 1 aromatic rings. The quantitative estimate of drug-likeness (QED) is 0.823. The van der Waals surface area contributed by atoms with Gasteiger partial charge in [-0.1, -0.05) is 19.9 Å². The lowest BCUT2D eigenvalue weighted by Gasteiger charge is -2.27. The third-order valence-electron chi connectivity index (χ3n) is 4.28. The van der Waals surface area contributed by atoms with Crippen molar-refractivity contribution in [2.24, 2.45) is 5.92 Å². The summed E-state index contributed by atoms with van der Waals surface area (Å²) in [6.45, 7) is 7.23. The van der Waals surface area contributed by atoms with E-state index in [0.29, 0.717) is 6.04 Å². The molecule has 1 fully saturated rings. The van der Waals surface area contributed by atoms with E-state index < -0.39 is 0 Å². The molecule has 0 bridgehead atoms. The van der Waals surface area contributed by atoms with Gasteiger partial charge in [-0.05, 0) is 50.2 Å². The second-order valence-corrected chi connectivity index (χ2v) is 6.51. The zero-order chi connectivity index (χ0) is 14.4. The zero-order valence-electron chi connectivity index (χ0n) is 13.0. The first kappa shape index (κ1) is 18.5. The first-order valence-electron chi connectivity index (χ1n) is 7.81. The molecule has 1 unspecified atom stereocenters. The van der Waals surface area contributed by atoms with Gasteiger partial charge in [0.25, 0.3) is 0 Å². The Kier molecular flexibility index (Phi) is 8.30. The highest BCUT2D eigenvalue weighted by atomic mass is 35.5. The molecule has 1 amide bonds. The van der Waals surface area contributed by atoms with Gasteiger partial charge in [0.2, 0.25) is 5.91 Å². The number of hydrogen-bond acceptors (Lipinski definition) is 3. The Morgan fingerprint density at radius 3 is 2.52 bits per heavy atom. The molecule has 1 atom stereocenters. The smallest absolute Gasteiger partial charge is 0.223 e. The fourth-order valence-electron chi connectivity index (χ4n) is 2.94. The number of nitrogens with zero attached hydrogens (tertiary/aromatic N) is 1. The average Bonchev–Trinajstić information content (AvgIpc) is 3.13. The van der Waals surface area contributed by atoms with Crippen LogP contribution in [0, 0.1) is 5.92 Å². The van der Waals surface area contributed by atoms with Crippen molar-refractivity contribution in [1.82, 2.24) is 10.2 Å². The molecule has 1 aliphatic heterocycles. The van der Waals surface area contributed by atoms with E-state index in [2.05, 4.69) is 41.6 Å². The highest BCUT2D eigenvalue weighted by molar-refractivity contribution is 7.10. The lowest BCUT2D eigenvalue weighted by atomic mass is 10.0. The summed E-state index contributed by atoms with van der Waals surface area (Å²) in [5, 5.41) is 5.30. The van der Waals surface area contributed by atoms with E-state index in [1.54, 1.807) is 11.3 Å². The van der Waals surface area contributed by atoms with Crippen LogP contribution in [0.4, 0.5) is 0 Å². The minimum Gasteiger partial charge on any atom is -0.354 e. The van der Waals surface area contributed by atoms with Crippen LogP contribution in [0.2, 0.25) is 0 Å². The summed E-state index contributed by atoms with van der Waals surface area (Å²) >= 11 is 1.80. The third kappa shape index (κ3) is 4.97. The first-order chi connectivity index (χ1) is 9.76. The molecule has 0 spiro atoms. The van der Waals surface area contributed by atoms with Crippen LogP contribution in [0.25, 0.3) is 0 Å². The molecule has 1 N–H and O–H groups in total. The number of thiophene rings is 1. The minimum atomic E-state index is 0. The molecule has 1 aliphatic rings. The lowest BCUT2D eigenvalue weighted by Crippen LogP contribution is -2.38. The Bertz CT molecular complexity index is 400. The van der Waals surface area contributed by atoms with Gasteiger partial charge in [0.15, 0.2) is 0 Å². The number of carbonyl (C=O) groups excluding carboxylic acids is 1. The molecule has 0 saturated carbocycles. The molecule has 0 aliphatic carbocycles. The number of hydrogen-bond donors (Lipinski definition) is 1. The molecule has 21 heavy (non-hydrogen) atoms. The monoisotopic (exact) mass is 330 g/mol. The van der Waals surface area contributed by atoms with Gasteiger partial charge in [0, 0.05) is 17.3 Å². The summed E-state index contributed by atoms with van der Waals surface area (Å²) in [6.07, 6.45) is 4.41. The Hall–Kier alpha value is -0.580. The molecule has 2 rings (SSSR count). The third-order valence-corrected chi connectivity index (χ3v) is 5.25. The number of halogens is 1. The van der Waals surface area contributed by atoms with Crippen molar-refractivity contribution >= 4 is 29.7 Å². The fraction of sp³-hybridized carbons (Fsp3) is 0.688. The van der Waals surface area contributed by atoms with Crippen molar-refractivity contribution in [2.45, 2.75) is 45.6 Å². The minimum absolute atomic E-state index is 0. The number of carbonyl (C=O) groups is 1. The number of nitrogens with one attached hydrogen (secondary N) is 1. The molecule has 0 radical (unpaired) electrons. The van der Waals surface area contributed by atoms with E-state index in [4.69, 9.17) is 0 Å². The summed E-state index contributed by atoms with van der Waals surface area (Å²) < 4.78 is 0. The zero-order valence-corrected chi connectivity index (χ0v) is 14.6. The van der Waals surface area contributed by atoms with E-state index in [-0.39, 0.29) is 24.2 Å². The molecule has 1 saturated heterocycles. The predicted octanol–water partition coefficient (Wildman–Crippen LogP) is 3.86. The van der Waals surface area contributed by atoms with Crippen LogP contribution < -0.4 is 5.32 Å². The molecule has 2 heterocycles. The molecule has 1 aromatic heterocycles. The number of likely N-dealkylation sites (tertiary alicyclic amines) is 1. The second kappa shape index (κ2) is 9.44. The van der Waals surface area contributed by atoms with Crippen LogP contribution in [-0.2, 0) is 4.79 Å². The van der Waals surface area contributed by atoms with Gasteiger partial charge in [-0.15, -0.1) is 23.7 Å². The van der Waals surface area contributed by atoms with Crippen LogP contribution >= 0.6 is 23.7 Å². The number of rotatable bonds is 7. The summed E-state index contributed by atoms with van der Waals surface area (Å²) in [7, 11) is 0. The van der Waals surface area contributed by atoms with E-state index in [1.807, 2.05) is 0 Å². The molecular formula is C16H27ClN2OS. The highest BCUT2D eigenvalue weighted by Crippen LogP contribution is 2.27. The summed E-state index contributed by atoms with van der Waals surface area (Å²) in [6, 6.07) is 4.65. The van der Waals surface area contributed by atoms with Crippen molar-refractivity contribution in [3.8, 4) is 0 Å². The van der Waals surface area contributed by atoms with Crippen LogP contribution in [0.5, 0.6) is 0 Å². The normalized spacial score (nSPS) is 16.7. The van der Waals surface area contributed by atoms with Gasteiger partial charge < -0.3 is 5.32 Å². The lowest BCUT2D eigenvalue weighted by molar-refractivity contribution is -0.125. The van der Waals surface area contributed by atoms with Crippen LogP contribution in [0.1, 0.15) is 50.4 Å². The van der Waals surface area contributed by atoms with Gasteiger partial charge >= 0.3 is 0 Å². The van der Waals surface area contributed by atoms with Gasteiger partial charge in [-0.2, -0.15) is 0 Å². The standard InChI is InChI=1S/C16H26N2OS.ClH/c1-3-13(4-2)16(19)17-12-14(15-8-7-11-20-15)18-9-5-6-10-18;/h7-8,11,13-14H,3-6,9-10,12H2,1-2H3,(H,17,19);1H. The maximum atomic E-state index is 12.2. The van der Waals surface area contributed by atoms with Crippen molar-refractivity contribution in [3.63, 3.8) is 0 Å². The van der Waals surface area contributed by atoms with E-state index in [0.717, 1.165) is 32.5 Å². The Morgan fingerprint density at radius 2 is 2.00 bits per heavy atom. The SMILES string of the molecule is CCC(CC)C(=O)NCC(c1cccs1)N1CCCC1.Cl. The Balaban J connectivity index is 0.00000220. The molecule has 120 valence electrons. The largest absolute Gasteiger partial charge is 0.354 e. The van der Waals surface area contributed by atoms with Gasteiger partial charge in [0.1, 0.15) is 0 Å². The average molecular weight is 331 g/mol.